The molecule has 0 aliphatic carbocycles. The van der Waals surface area contributed by atoms with Gasteiger partial charge in [-0.1, -0.05) is 19.4 Å². The Labute approximate surface area is 89.6 Å². The molecule has 0 radical (unpaired) electrons. The van der Waals surface area contributed by atoms with E-state index in [1.165, 1.54) is 13.8 Å². The number of carboxylic acids is 1. The Hall–Kier alpha value is -0.880. The average molecular weight is 236 g/mol. The van der Waals surface area contributed by atoms with Crippen LogP contribution < -0.4 is 0 Å². The molecule has 5 nitrogen and oxygen atoms in total. The predicted molar refractivity (Wildman–Crippen MR) is 56.2 cm³/mol. The molecule has 6 heteroatoms. The first-order valence-electron chi connectivity index (χ1n) is 4.34. The minimum atomic E-state index is -4.19. The van der Waals surface area contributed by atoms with Gasteiger partial charge in [0, 0.05) is 11.0 Å². The highest BCUT2D eigenvalue weighted by Gasteiger charge is 2.33. The van der Waals surface area contributed by atoms with Gasteiger partial charge in [0.1, 0.15) is 0 Å². The largest absolute Gasteiger partial charge is 0.478 e. The summed E-state index contributed by atoms with van der Waals surface area (Å²) in [7, 11) is -4.19. The van der Waals surface area contributed by atoms with Gasteiger partial charge in [0.2, 0.25) is 0 Å². The molecule has 0 aromatic carbocycles. The predicted octanol–water partition coefficient (Wildman–Crippen LogP) is 1.32. The van der Waals surface area contributed by atoms with Crippen molar-refractivity contribution in [1.29, 1.82) is 0 Å². The number of aliphatic carboxylic acids is 1. The first-order chi connectivity index (χ1) is 6.47. The number of hydrogen-bond donors (Lipinski definition) is 2. The van der Waals surface area contributed by atoms with Crippen molar-refractivity contribution in [1.82, 2.24) is 0 Å². The Kier molecular flexibility index (Phi) is 4.07. The molecular weight excluding hydrogens is 220 g/mol. The molecule has 0 heterocycles. The van der Waals surface area contributed by atoms with Crippen LogP contribution >= 0.6 is 0 Å². The van der Waals surface area contributed by atoms with E-state index < -0.39 is 27.3 Å². The first kappa shape index (κ1) is 14.1. The molecule has 0 fully saturated rings. The quantitative estimate of drug-likeness (QED) is 0.567. The lowest BCUT2D eigenvalue weighted by Gasteiger charge is -2.25. The van der Waals surface area contributed by atoms with E-state index in [9.17, 15) is 13.2 Å². The molecule has 0 saturated carbocycles. The Morgan fingerprint density at radius 1 is 1.27 bits per heavy atom. The maximum Gasteiger partial charge on any atom is 0.332 e. The molecule has 0 aliphatic rings. The maximum absolute atomic E-state index is 10.9. The Morgan fingerprint density at radius 3 is 1.87 bits per heavy atom. The van der Waals surface area contributed by atoms with E-state index in [0.29, 0.717) is 5.57 Å². The molecule has 0 aliphatic heterocycles. The van der Waals surface area contributed by atoms with Crippen LogP contribution in [0.5, 0.6) is 0 Å². The van der Waals surface area contributed by atoms with Gasteiger partial charge in [-0.15, -0.1) is 0 Å². The number of carbonyl (C=O) groups is 1. The van der Waals surface area contributed by atoms with Crippen molar-refractivity contribution in [2.75, 3.05) is 5.75 Å². The summed E-state index contributed by atoms with van der Waals surface area (Å²) in [5, 5.41) is 8.94. The van der Waals surface area contributed by atoms with Crippen molar-refractivity contribution in [3.05, 3.63) is 11.1 Å². The van der Waals surface area contributed by atoms with Gasteiger partial charge >= 0.3 is 5.97 Å². The molecule has 0 aromatic heterocycles. The lowest BCUT2D eigenvalue weighted by Crippen LogP contribution is -2.30. The lowest BCUT2D eigenvalue weighted by molar-refractivity contribution is -0.133. The summed E-state index contributed by atoms with van der Waals surface area (Å²) < 4.78 is 30.2. The fourth-order valence-electron chi connectivity index (χ4n) is 1.71. The second-order valence-corrected chi connectivity index (χ2v) is 5.74. The molecule has 2 N–H and O–H groups in total. The molecule has 15 heavy (non-hydrogen) atoms. The van der Waals surface area contributed by atoms with Gasteiger partial charge in [-0.3, -0.25) is 4.55 Å². The molecule has 0 amide bonds. The van der Waals surface area contributed by atoms with E-state index in [0.717, 1.165) is 0 Å². The normalized spacial score (nSPS) is 12.3. The van der Waals surface area contributed by atoms with Crippen LogP contribution in [0.1, 0.15) is 27.7 Å². The smallest absolute Gasteiger partial charge is 0.332 e. The second kappa shape index (κ2) is 4.32. The number of hydrogen-bond acceptors (Lipinski definition) is 3. The van der Waals surface area contributed by atoms with Gasteiger partial charge in [-0.25, -0.2) is 4.79 Å². The van der Waals surface area contributed by atoms with Crippen molar-refractivity contribution in [2.24, 2.45) is 5.41 Å². The third-order valence-corrected chi connectivity index (χ3v) is 3.02. The van der Waals surface area contributed by atoms with Crippen molar-refractivity contribution in [3.63, 3.8) is 0 Å². The minimum Gasteiger partial charge on any atom is -0.478 e. The zero-order valence-electron chi connectivity index (χ0n) is 9.23. The van der Waals surface area contributed by atoms with Gasteiger partial charge in [0.25, 0.3) is 10.1 Å². The molecule has 0 saturated heterocycles. The summed E-state index contributed by atoms with van der Waals surface area (Å²) in [6, 6.07) is 0. The van der Waals surface area contributed by atoms with Crippen LogP contribution in [0.25, 0.3) is 0 Å². The molecule has 0 unspecified atom stereocenters. The first-order valence-corrected chi connectivity index (χ1v) is 5.95. The summed E-state index contributed by atoms with van der Waals surface area (Å²) in [5.74, 6) is -1.77. The topological polar surface area (TPSA) is 91.7 Å². The molecular formula is C9H16O5S. The Morgan fingerprint density at radius 2 is 1.67 bits per heavy atom. The van der Waals surface area contributed by atoms with Gasteiger partial charge in [-0.2, -0.15) is 8.42 Å². The van der Waals surface area contributed by atoms with E-state index >= 15 is 0 Å². The third-order valence-electron chi connectivity index (χ3n) is 1.93. The lowest BCUT2D eigenvalue weighted by atomic mass is 9.83. The van der Waals surface area contributed by atoms with Crippen molar-refractivity contribution < 1.29 is 22.9 Å². The van der Waals surface area contributed by atoms with Crippen LogP contribution in [0, 0.1) is 5.41 Å². The van der Waals surface area contributed by atoms with Crippen LogP contribution in [0.15, 0.2) is 11.1 Å². The van der Waals surface area contributed by atoms with Crippen molar-refractivity contribution in [3.8, 4) is 0 Å². The van der Waals surface area contributed by atoms with Crippen LogP contribution in [-0.4, -0.2) is 29.8 Å². The highest BCUT2D eigenvalue weighted by Crippen LogP contribution is 2.30. The van der Waals surface area contributed by atoms with Crippen molar-refractivity contribution in [2.45, 2.75) is 27.7 Å². The minimum absolute atomic E-state index is 0.0140. The fourth-order valence-corrected chi connectivity index (χ4v) is 2.76. The zero-order valence-corrected chi connectivity index (χ0v) is 10.1. The van der Waals surface area contributed by atoms with Crippen LogP contribution in [0.4, 0.5) is 0 Å². The van der Waals surface area contributed by atoms with Crippen LogP contribution in [0.2, 0.25) is 0 Å². The monoisotopic (exact) mass is 236 g/mol. The zero-order chi connectivity index (χ0) is 12.4. The molecule has 0 rings (SSSR count). The number of allylic oxidation sites excluding steroid dienone is 1. The van der Waals surface area contributed by atoms with Crippen LogP contribution in [-0.2, 0) is 14.9 Å². The summed E-state index contributed by atoms with van der Waals surface area (Å²) in [6.45, 7) is 6.12. The summed E-state index contributed by atoms with van der Waals surface area (Å²) in [4.78, 5) is 10.9. The highest BCUT2D eigenvalue weighted by atomic mass is 32.2. The van der Waals surface area contributed by atoms with Crippen LogP contribution in [0.3, 0.4) is 0 Å². The van der Waals surface area contributed by atoms with E-state index in [-0.39, 0.29) is 5.57 Å². The standard InChI is InChI=1S/C9H16O5S/c1-6(2)7(8(10)11)9(3,4)5-15(12,13)14/h5H2,1-4H3,(H,10,11)(H,12,13,14). The van der Waals surface area contributed by atoms with E-state index in [1.807, 2.05) is 0 Å². The van der Waals surface area contributed by atoms with Crippen molar-refractivity contribution >= 4 is 16.1 Å². The molecule has 0 atom stereocenters. The number of rotatable bonds is 4. The molecule has 0 bridgehead atoms. The third kappa shape index (κ3) is 4.44. The summed E-state index contributed by atoms with van der Waals surface area (Å²) >= 11 is 0. The molecule has 0 spiro atoms. The highest BCUT2D eigenvalue weighted by molar-refractivity contribution is 7.85. The molecule has 88 valence electrons. The molecule has 0 aromatic rings. The van der Waals surface area contributed by atoms with E-state index in [2.05, 4.69) is 0 Å². The average Bonchev–Trinajstić information content (AvgIpc) is 1.74. The Balaban J connectivity index is 5.36. The van der Waals surface area contributed by atoms with Gasteiger partial charge < -0.3 is 5.11 Å². The van der Waals surface area contributed by atoms with Gasteiger partial charge in [0.05, 0.1) is 5.75 Å². The summed E-state index contributed by atoms with van der Waals surface area (Å²) in [6.07, 6.45) is 0. The van der Waals surface area contributed by atoms with Gasteiger partial charge in [0.15, 0.2) is 0 Å². The number of carboxylic acid groups (broad SMARTS) is 1. The summed E-state index contributed by atoms with van der Waals surface area (Å²) in [5.41, 5.74) is -0.575. The maximum atomic E-state index is 10.9. The second-order valence-electron chi connectivity index (χ2n) is 4.29. The van der Waals surface area contributed by atoms with Gasteiger partial charge in [-0.05, 0) is 13.8 Å². The SMILES string of the molecule is CC(C)=C(C(=O)O)C(C)(C)CS(=O)(=O)O. The van der Waals surface area contributed by atoms with E-state index in [1.54, 1.807) is 13.8 Å². The Bertz CT molecular complexity index is 385. The van der Waals surface area contributed by atoms with E-state index in [4.69, 9.17) is 9.66 Å². The fraction of sp³-hybridized carbons (Fsp3) is 0.667.